The number of nitrogens with two attached hydrogens (primary N) is 1. The Kier molecular flexibility index (Phi) is 13.8. The first kappa shape index (κ1) is 36.7. The van der Waals surface area contributed by atoms with E-state index in [0.717, 1.165) is 0 Å². The zero-order valence-corrected chi connectivity index (χ0v) is 26.6. The summed E-state index contributed by atoms with van der Waals surface area (Å²) in [5.41, 5.74) is 4.85. The third-order valence-corrected chi connectivity index (χ3v) is 7.38. The number of ether oxygens (including phenoxy) is 5. The van der Waals surface area contributed by atoms with E-state index < -0.39 is 59.4 Å². The van der Waals surface area contributed by atoms with Gasteiger partial charge in [0.25, 0.3) is 0 Å². The van der Waals surface area contributed by atoms with Crippen molar-refractivity contribution in [3.63, 3.8) is 0 Å². The van der Waals surface area contributed by atoms with Gasteiger partial charge >= 0.3 is 24.2 Å². The second-order valence-electron chi connectivity index (χ2n) is 12.2. The van der Waals surface area contributed by atoms with E-state index in [1.54, 1.807) is 41.5 Å². The molecule has 0 aromatic heterocycles. The molecule has 0 amide bonds. The molecule has 238 valence electrons. The minimum atomic E-state index is -1.40. The van der Waals surface area contributed by atoms with Crippen LogP contribution in [0.25, 0.3) is 0 Å². The van der Waals surface area contributed by atoms with Gasteiger partial charge < -0.3 is 34.5 Å². The topological polar surface area (TPSA) is 161 Å². The molecular formula is C31H49NO10. The molecular weight excluding hydrogens is 546 g/mol. The normalized spacial score (nSPS) is 14.8. The Labute approximate surface area is 249 Å². The van der Waals surface area contributed by atoms with Crippen molar-refractivity contribution < 1.29 is 48.0 Å². The molecule has 4 atom stereocenters. The number of benzene rings is 1. The van der Waals surface area contributed by atoms with Gasteiger partial charge in [0.15, 0.2) is 11.5 Å². The van der Waals surface area contributed by atoms with Crippen molar-refractivity contribution in [2.75, 3.05) is 0 Å². The molecule has 0 saturated carbocycles. The van der Waals surface area contributed by atoms with Gasteiger partial charge in [-0.3, -0.25) is 9.59 Å². The van der Waals surface area contributed by atoms with Crippen LogP contribution in [0.5, 0.6) is 11.5 Å². The van der Waals surface area contributed by atoms with E-state index in [-0.39, 0.29) is 17.9 Å². The molecule has 1 aromatic rings. The highest BCUT2D eigenvalue weighted by Gasteiger charge is 2.36. The molecule has 0 heterocycles. The van der Waals surface area contributed by atoms with E-state index in [1.807, 2.05) is 27.7 Å². The van der Waals surface area contributed by atoms with Crippen LogP contribution in [0.1, 0.15) is 106 Å². The smallest absolute Gasteiger partial charge is 0.480 e. The zero-order chi connectivity index (χ0) is 32.4. The molecule has 42 heavy (non-hydrogen) atoms. The molecule has 3 unspecified atom stereocenters. The predicted octanol–water partition coefficient (Wildman–Crippen LogP) is 6.59. The minimum Gasteiger partial charge on any atom is -0.480 e. The van der Waals surface area contributed by atoms with Crippen LogP contribution < -0.4 is 15.2 Å². The lowest BCUT2D eigenvalue weighted by molar-refractivity contribution is -0.151. The maximum absolute atomic E-state index is 12.7. The highest BCUT2D eigenvalue weighted by Crippen LogP contribution is 2.38. The summed E-state index contributed by atoms with van der Waals surface area (Å²) in [7, 11) is 0. The Morgan fingerprint density at radius 1 is 0.857 bits per heavy atom. The maximum atomic E-state index is 12.7. The second-order valence-corrected chi connectivity index (χ2v) is 12.2. The van der Waals surface area contributed by atoms with Crippen molar-refractivity contribution in [3.8, 4) is 11.5 Å². The van der Waals surface area contributed by atoms with Crippen LogP contribution in [0.2, 0.25) is 0 Å². The van der Waals surface area contributed by atoms with Gasteiger partial charge in [0, 0.05) is 18.3 Å². The number of esters is 1. The highest BCUT2D eigenvalue weighted by atomic mass is 16.8. The first-order valence-corrected chi connectivity index (χ1v) is 14.5. The predicted molar refractivity (Wildman–Crippen MR) is 157 cm³/mol. The number of carbonyl (C=O) groups is 4. The molecule has 1 rings (SSSR count). The third kappa shape index (κ3) is 11.9. The summed E-state index contributed by atoms with van der Waals surface area (Å²) < 4.78 is 27.2. The van der Waals surface area contributed by atoms with Gasteiger partial charge in [-0.2, -0.15) is 0 Å². The van der Waals surface area contributed by atoms with Gasteiger partial charge in [0.2, 0.25) is 0 Å². The van der Waals surface area contributed by atoms with Crippen LogP contribution in [0.3, 0.4) is 0 Å². The van der Waals surface area contributed by atoms with Crippen molar-refractivity contribution in [2.45, 2.75) is 124 Å². The van der Waals surface area contributed by atoms with E-state index in [4.69, 9.17) is 29.4 Å². The molecule has 1 aromatic carbocycles. The lowest BCUT2D eigenvalue weighted by atomic mass is 9.79. The number of carboxylic acids is 1. The van der Waals surface area contributed by atoms with Crippen LogP contribution in [-0.4, -0.2) is 52.7 Å². The number of aliphatic carboxylic acids is 1. The van der Waals surface area contributed by atoms with Gasteiger partial charge in [-0.05, 0) is 77.5 Å². The Bertz CT molecular complexity index is 1080. The summed E-state index contributed by atoms with van der Waals surface area (Å²) in [6, 6.07) is 2.83. The highest BCUT2D eigenvalue weighted by molar-refractivity contribution is 5.75. The standard InChI is InChI=1S/C31H49NO10/c1-11-30(7,8)41-28(36)39-22-15-14-21(17-23(22)40-29(37)42-31(9,10)12-2)25(26(32)27(34)35)19(5)20(6)38-24(33)16-13-18(3)4/h14-15,17-20,25-26H,11-13,16,32H2,1-10H3,(H,34,35)/t19?,20?,25?,26-/m0/s1. The summed E-state index contributed by atoms with van der Waals surface area (Å²) in [6.45, 7) is 17.9. The molecule has 3 N–H and O–H groups in total. The summed E-state index contributed by atoms with van der Waals surface area (Å²) >= 11 is 0. The Balaban J connectivity index is 3.48. The molecule has 11 nitrogen and oxygen atoms in total. The molecule has 0 bridgehead atoms. The summed E-state index contributed by atoms with van der Waals surface area (Å²) in [6.07, 6.45) is -0.845. The molecule has 0 aliphatic heterocycles. The Morgan fingerprint density at radius 2 is 1.36 bits per heavy atom. The summed E-state index contributed by atoms with van der Waals surface area (Å²) in [5, 5.41) is 9.82. The summed E-state index contributed by atoms with van der Waals surface area (Å²) in [4.78, 5) is 49.7. The van der Waals surface area contributed by atoms with Crippen LogP contribution >= 0.6 is 0 Å². The largest absolute Gasteiger partial charge is 0.514 e. The van der Waals surface area contributed by atoms with E-state index in [9.17, 15) is 24.3 Å². The van der Waals surface area contributed by atoms with Crippen LogP contribution in [0.4, 0.5) is 9.59 Å². The monoisotopic (exact) mass is 595 g/mol. The zero-order valence-electron chi connectivity index (χ0n) is 26.6. The first-order valence-electron chi connectivity index (χ1n) is 14.5. The Morgan fingerprint density at radius 3 is 1.81 bits per heavy atom. The molecule has 0 spiro atoms. The fourth-order valence-corrected chi connectivity index (χ4v) is 3.78. The van der Waals surface area contributed by atoms with Crippen LogP contribution in [0, 0.1) is 11.8 Å². The second kappa shape index (κ2) is 15.8. The lowest BCUT2D eigenvalue weighted by Gasteiger charge is -2.32. The number of hydrogen-bond donors (Lipinski definition) is 2. The van der Waals surface area contributed by atoms with Crippen LogP contribution in [0.15, 0.2) is 18.2 Å². The molecule has 0 radical (unpaired) electrons. The quantitative estimate of drug-likeness (QED) is 0.128. The van der Waals surface area contributed by atoms with Crippen molar-refractivity contribution >= 4 is 24.2 Å². The molecule has 0 aliphatic rings. The van der Waals surface area contributed by atoms with Crippen molar-refractivity contribution in [2.24, 2.45) is 17.6 Å². The molecule has 0 aliphatic carbocycles. The fourth-order valence-electron chi connectivity index (χ4n) is 3.78. The van der Waals surface area contributed by atoms with Gasteiger partial charge in [-0.25, -0.2) is 9.59 Å². The SMILES string of the molecule is CCC(C)(C)OC(=O)Oc1ccc(C(C(C)C(C)OC(=O)CCC(C)C)[C@H](N)C(=O)O)cc1OC(=O)OC(C)(C)CC. The van der Waals surface area contributed by atoms with Gasteiger partial charge in [0.1, 0.15) is 23.3 Å². The molecule has 11 heteroatoms. The summed E-state index contributed by atoms with van der Waals surface area (Å²) in [5.74, 6) is -3.16. The van der Waals surface area contributed by atoms with E-state index >= 15 is 0 Å². The molecule has 0 saturated heterocycles. The van der Waals surface area contributed by atoms with E-state index in [2.05, 4.69) is 0 Å². The fraction of sp³-hybridized carbons (Fsp3) is 0.677. The number of carboxylic acid groups (broad SMARTS) is 1. The van der Waals surface area contributed by atoms with Crippen LogP contribution in [-0.2, 0) is 23.8 Å². The molecule has 0 fully saturated rings. The van der Waals surface area contributed by atoms with E-state index in [1.165, 1.54) is 18.2 Å². The average Bonchev–Trinajstić information content (AvgIpc) is 2.88. The number of carbonyl (C=O) groups excluding carboxylic acids is 3. The Hall–Kier alpha value is -3.34. The van der Waals surface area contributed by atoms with Gasteiger partial charge in [-0.1, -0.05) is 40.7 Å². The van der Waals surface area contributed by atoms with Crippen molar-refractivity contribution in [1.29, 1.82) is 0 Å². The van der Waals surface area contributed by atoms with Gasteiger partial charge in [0.05, 0.1) is 0 Å². The van der Waals surface area contributed by atoms with Gasteiger partial charge in [-0.15, -0.1) is 0 Å². The van der Waals surface area contributed by atoms with Crippen molar-refractivity contribution in [1.82, 2.24) is 0 Å². The first-order chi connectivity index (χ1) is 19.3. The average molecular weight is 596 g/mol. The maximum Gasteiger partial charge on any atom is 0.514 e. The third-order valence-electron chi connectivity index (χ3n) is 7.38. The lowest BCUT2D eigenvalue weighted by Crippen LogP contribution is -2.42. The minimum absolute atomic E-state index is 0.148. The number of rotatable bonds is 15. The number of hydrogen-bond acceptors (Lipinski definition) is 10. The van der Waals surface area contributed by atoms with E-state index in [0.29, 0.717) is 30.7 Å². The van der Waals surface area contributed by atoms with Crippen molar-refractivity contribution in [3.05, 3.63) is 23.8 Å².